The first-order valence-corrected chi connectivity index (χ1v) is 4.11. The van der Waals surface area contributed by atoms with Crippen LogP contribution in [0.15, 0.2) is 28.5 Å². The third kappa shape index (κ3) is 1.06. The molecule has 0 saturated carbocycles. The molecule has 3 heteroatoms. The van der Waals surface area contributed by atoms with Crippen molar-refractivity contribution in [3.05, 3.63) is 23.5 Å². The second kappa shape index (κ2) is 2.75. The summed E-state index contributed by atoms with van der Waals surface area (Å²) in [7, 11) is 0. The van der Waals surface area contributed by atoms with E-state index in [2.05, 4.69) is 17.2 Å². The van der Waals surface area contributed by atoms with Gasteiger partial charge in [-0.1, -0.05) is 5.57 Å². The zero-order valence-corrected chi connectivity index (χ0v) is 7.04. The van der Waals surface area contributed by atoms with Crippen molar-refractivity contribution in [1.29, 1.82) is 0 Å². The third-order valence-corrected chi connectivity index (χ3v) is 2.32. The van der Waals surface area contributed by atoms with Crippen LogP contribution >= 0.6 is 0 Å². The monoisotopic (exact) mass is 164 g/mol. The second-order valence-corrected chi connectivity index (χ2v) is 3.27. The smallest absolute Gasteiger partial charge is 0.113 e. The van der Waals surface area contributed by atoms with E-state index in [0.29, 0.717) is 5.92 Å². The lowest BCUT2D eigenvalue weighted by Crippen LogP contribution is -2.23. The molecule has 2 N–H and O–H groups in total. The van der Waals surface area contributed by atoms with E-state index in [-0.39, 0.29) is 6.61 Å². The van der Waals surface area contributed by atoms with Crippen molar-refractivity contribution in [1.82, 2.24) is 5.32 Å². The van der Waals surface area contributed by atoms with Gasteiger partial charge in [0.15, 0.2) is 0 Å². The first kappa shape index (κ1) is 7.55. The lowest BCUT2D eigenvalue weighted by atomic mass is 9.93. The minimum Gasteiger partial charge on any atom is -0.392 e. The molecule has 1 unspecified atom stereocenters. The van der Waals surface area contributed by atoms with Gasteiger partial charge in [0.2, 0.25) is 0 Å². The van der Waals surface area contributed by atoms with Crippen LogP contribution in [0.3, 0.4) is 0 Å². The molecule has 0 aromatic rings. The highest BCUT2D eigenvalue weighted by molar-refractivity contribution is 5.92. The standard InChI is InChI=1S/C9H12N2O/c1-6-2-8-7(5-12)4-11-9(8)10-3-6/h3-4,8,12H,2,5H2,1H3,(H,10,11). The third-order valence-electron chi connectivity index (χ3n) is 2.32. The Morgan fingerprint density at radius 2 is 2.58 bits per heavy atom. The van der Waals surface area contributed by atoms with Gasteiger partial charge in [0.1, 0.15) is 5.84 Å². The van der Waals surface area contributed by atoms with Crippen molar-refractivity contribution in [3.8, 4) is 0 Å². The molecule has 2 rings (SSSR count). The molecule has 3 nitrogen and oxygen atoms in total. The minimum absolute atomic E-state index is 0.129. The van der Waals surface area contributed by atoms with Crippen molar-refractivity contribution in [2.75, 3.05) is 6.61 Å². The number of hydrogen-bond donors (Lipinski definition) is 2. The molecule has 2 heterocycles. The summed E-state index contributed by atoms with van der Waals surface area (Å²) in [6, 6.07) is 0. The van der Waals surface area contributed by atoms with Gasteiger partial charge in [0, 0.05) is 18.3 Å². The molecule has 0 bridgehead atoms. The van der Waals surface area contributed by atoms with Crippen molar-refractivity contribution in [3.63, 3.8) is 0 Å². The fourth-order valence-electron chi connectivity index (χ4n) is 1.61. The molecule has 0 spiro atoms. The molecular weight excluding hydrogens is 152 g/mol. The van der Waals surface area contributed by atoms with Crippen LogP contribution in [0, 0.1) is 5.92 Å². The fourth-order valence-corrected chi connectivity index (χ4v) is 1.61. The Hall–Kier alpha value is -1.09. The maximum atomic E-state index is 9.01. The molecule has 0 amide bonds. The summed E-state index contributed by atoms with van der Waals surface area (Å²) in [6.07, 6.45) is 4.72. The van der Waals surface area contributed by atoms with E-state index in [1.165, 1.54) is 5.57 Å². The Morgan fingerprint density at radius 3 is 3.33 bits per heavy atom. The van der Waals surface area contributed by atoms with E-state index in [1.54, 1.807) is 0 Å². The van der Waals surface area contributed by atoms with E-state index < -0.39 is 0 Å². The van der Waals surface area contributed by atoms with Crippen LogP contribution in [0.5, 0.6) is 0 Å². The van der Waals surface area contributed by atoms with Gasteiger partial charge in [-0.2, -0.15) is 0 Å². The van der Waals surface area contributed by atoms with Gasteiger partial charge in [0.05, 0.1) is 6.61 Å². The van der Waals surface area contributed by atoms with E-state index in [4.69, 9.17) is 5.11 Å². The van der Waals surface area contributed by atoms with Gasteiger partial charge >= 0.3 is 0 Å². The zero-order valence-electron chi connectivity index (χ0n) is 7.04. The van der Waals surface area contributed by atoms with E-state index in [0.717, 1.165) is 17.8 Å². The highest BCUT2D eigenvalue weighted by Crippen LogP contribution is 2.27. The summed E-state index contributed by atoms with van der Waals surface area (Å²) in [6.45, 7) is 2.19. The number of nitrogens with zero attached hydrogens (tertiary/aromatic N) is 1. The van der Waals surface area contributed by atoms with Crippen molar-refractivity contribution < 1.29 is 5.11 Å². The predicted octanol–water partition coefficient (Wildman–Crippen LogP) is 0.788. The molecule has 12 heavy (non-hydrogen) atoms. The number of amidine groups is 1. The van der Waals surface area contributed by atoms with Gasteiger partial charge in [-0.3, -0.25) is 0 Å². The van der Waals surface area contributed by atoms with E-state index in [1.807, 2.05) is 12.4 Å². The summed E-state index contributed by atoms with van der Waals surface area (Å²) in [5.41, 5.74) is 2.31. The molecule has 0 saturated heterocycles. The van der Waals surface area contributed by atoms with Gasteiger partial charge < -0.3 is 10.4 Å². The van der Waals surface area contributed by atoms with Crippen LogP contribution in [0.2, 0.25) is 0 Å². The second-order valence-electron chi connectivity index (χ2n) is 3.27. The van der Waals surface area contributed by atoms with Crippen molar-refractivity contribution >= 4 is 5.84 Å². The fraction of sp³-hybridized carbons (Fsp3) is 0.444. The van der Waals surface area contributed by atoms with E-state index >= 15 is 0 Å². The number of allylic oxidation sites excluding steroid dienone is 1. The summed E-state index contributed by atoms with van der Waals surface area (Å²) in [5, 5.41) is 12.1. The normalized spacial score (nSPS) is 26.8. The van der Waals surface area contributed by atoms with Crippen molar-refractivity contribution in [2.45, 2.75) is 13.3 Å². The number of aliphatic hydroxyl groups excluding tert-OH is 1. The molecule has 2 aliphatic heterocycles. The molecule has 0 fully saturated rings. The van der Waals surface area contributed by atoms with Gasteiger partial charge in [-0.15, -0.1) is 0 Å². The average Bonchev–Trinajstić information content (AvgIpc) is 2.46. The highest BCUT2D eigenvalue weighted by atomic mass is 16.3. The zero-order chi connectivity index (χ0) is 8.55. The minimum atomic E-state index is 0.129. The number of fused-ring (bicyclic) bond motifs is 1. The lowest BCUT2D eigenvalue weighted by molar-refractivity contribution is 0.322. The number of hydrogen-bond acceptors (Lipinski definition) is 3. The number of aliphatic hydroxyl groups is 1. The van der Waals surface area contributed by atoms with Crippen LogP contribution in [-0.2, 0) is 0 Å². The Labute approximate surface area is 71.5 Å². The van der Waals surface area contributed by atoms with Crippen molar-refractivity contribution in [2.24, 2.45) is 10.9 Å². The van der Waals surface area contributed by atoms with Gasteiger partial charge in [-0.25, -0.2) is 4.99 Å². The van der Waals surface area contributed by atoms with Gasteiger partial charge in [-0.05, 0) is 18.9 Å². The largest absolute Gasteiger partial charge is 0.392 e. The number of nitrogens with one attached hydrogen (secondary N) is 1. The summed E-state index contributed by atoms with van der Waals surface area (Å²) >= 11 is 0. The SMILES string of the molecule is CC1=CN=C2NC=C(CO)C2C1. The Morgan fingerprint density at radius 1 is 1.75 bits per heavy atom. The number of aliphatic imine (C=N–C) groups is 1. The lowest BCUT2D eigenvalue weighted by Gasteiger charge is -2.17. The van der Waals surface area contributed by atoms with E-state index in [9.17, 15) is 0 Å². The topological polar surface area (TPSA) is 44.6 Å². The first-order chi connectivity index (χ1) is 5.81. The first-order valence-electron chi connectivity index (χ1n) is 4.11. The van der Waals surface area contributed by atoms with Crippen LogP contribution in [0.25, 0.3) is 0 Å². The summed E-state index contributed by atoms with van der Waals surface area (Å²) < 4.78 is 0. The predicted molar refractivity (Wildman–Crippen MR) is 47.6 cm³/mol. The molecule has 0 aromatic carbocycles. The molecule has 0 radical (unpaired) electrons. The average molecular weight is 164 g/mol. The molecule has 64 valence electrons. The quantitative estimate of drug-likeness (QED) is 0.601. The van der Waals surface area contributed by atoms with Crippen LogP contribution < -0.4 is 5.32 Å². The molecule has 0 aromatic heterocycles. The Kier molecular flexibility index (Phi) is 1.73. The van der Waals surface area contributed by atoms with Crippen LogP contribution in [-0.4, -0.2) is 17.5 Å². The number of rotatable bonds is 1. The van der Waals surface area contributed by atoms with Crippen LogP contribution in [0.4, 0.5) is 0 Å². The summed E-state index contributed by atoms with van der Waals surface area (Å²) in [5.74, 6) is 1.28. The van der Waals surface area contributed by atoms with Gasteiger partial charge in [0.25, 0.3) is 0 Å². The molecule has 0 aliphatic carbocycles. The Bertz CT molecular complexity index is 289. The molecule has 1 atom stereocenters. The maximum absolute atomic E-state index is 9.01. The highest BCUT2D eigenvalue weighted by Gasteiger charge is 2.26. The molecule has 2 aliphatic rings. The maximum Gasteiger partial charge on any atom is 0.113 e. The Balaban J connectivity index is 2.24. The summed E-state index contributed by atoms with van der Waals surface area (Å²) in [4.78, 5) is 4.25. The van der Waals surface area contributed by atoms with Crippen LogP contribution in [0.1, 0.15) is 13.3 Å². The molecular formula is C9H12N2O.